The van der Waals surface area contributed by atoms with Crippen molar-refractivity contribution in [3.8, 4) is 11.4 Å². The fourth-order valence-electron chi connectivity index (χ4n) is 1.59. The van der Waals surface area contributed by atoms with E-state index in [1.165, 1.54) is 12.7 Å². The summed E-state index contributed by atoms with van der Waals surface area (Å²) >= 11 is 0. The average molecular weight is 208 g/mol. The van der Waals surface area contributed by atoms with Crippen molar-refractivity contribution >= 4 is 10.9 Å². The molecule has 0 aliphatic heterocycles. The third-order valence-corrected chi connectivity index (χ3v) is 2.36. The van der Waals surface area contributed by atoms with Gasteiger partial charge in [0.1, 0.15) is 12.7 Å². The molecule has 0 fully saturated rings. The highest BCUT2D eigenvalue weighted by molar-refractivity contribution is 5.82. The largest absolute Gasteiger partial charge is 0.256 e. The van der Waals surface area contributed by atoms with Gasteiger partial charge in [-0.3, -0.25) is 4.98 Å². The van der Waals surface area contributed by atoms with Gasteiger partial charge in [-0.25, -0.2) is 15.0 Å². The first-order chi connectivity index (χ1) is 7.93. The van der Waals surface area contributed by atoms with Crippen LogP contribution >= 0.6 is 0 Å². The summed E-state index contributed by atoms with van der Waals surface area (Å²) in [5.41, 5.74) is 1.90. The lowest BCUT2D eigenvalue weighted by Gasteiger charge is -2.00. The Labute approximate surface area is 92.0 Å². The molecule has 0 N–H and O–H groups in total. The number of benzene rings is 1. The van der Waals surface area contributed by atoms with Gasteiger partial charge in [-0.05, 0) is 12.1 Å². The predicted molar refractivity (Wildman–Crippen MR) is 60.6 cm³/mol. The van der Waals surface area contributed by atoms with Gasteiger partial charge in [0.2, 0.25) is 0 Å². The molecule has 0 saturated carbocycles. The minimum Gasteiger partial charge on any atom is -0.256 e. The lowest BCUT2D eigenvalue weighted by Crippen LogP contribution is -1.89. The first kappa shape index (κ1) is 8.91. The summed E-state index contributed by atoms with van der Waals surface area (Å²) in [7, 11) is 0. The molecule has 4 nitrogen and oxygen atoms in total. The molecule has 0 radical (unpaired) electrons. The molecule has 0 atom stereocenters. The van der Waals surface area contributed by atoms with E-state index in [1.807, 2.05) is 30.3 Å². The van der Waals surface area contributed by atoms with Crippen LogP contribution in [0.15, 0.2) is 49.2 Å². The van der Waals surface area contributed by atoms with Gasteiger partial charge in [-0.15, -0.1) is 0 Å². The molecule has 0 bridgehead atoms. The normalized spacial score (nSPS) is 10.5. The molecule has 3 aromatic rings. The molecule has 0 spiro atoms. The van der Waals surface area contributed by atoms with Crippen molar-refractivity contribution in [1.82, 2.24) is 19.9 Å². The van der Waals surface area contributed by atoms with E-state index in [2.05, 4.69) is 19.9 Å². The van der Waals surface area contributed by atoms with Gasteiger partial charge in [-0.2, -0.15) is 0 Å². The van der Waals surface area contributed by atoms with Crippen LogP contribution in [-0.2, 0) is 0 Å². The topological polar surface area (TPSA) is 51.6 Å². The smallest absolute Gasteiger partial charge is 0.162 e. The van der Waals surface area contributed by atoms with Crippen LogP contribution in [0.5, 0.6) is 0 Å². The van der Waals surface area contributed by atoms with E-state index in [0.29, 0.717) is 5.82 Å². The zero-order valence-electron chi connectivity index (χ0n) is 8.41. The zero-order chi connectivity index (χ0) is 10.8. The lowest BCUT2D eigenvalue weighted by molar-refractivity contribution is 1.06. The first-order valence-corrected chi connectivity index (χ1v) is 4.91. The standard InChI is InChI=1S/C12H8N4/c1-2-9-3-4-10(6-11(9)14-5-1)12-15-7-13-8-16-12/h1-8H. The number of hydrogen-bond donors (Lipinski definition) is 0. The molecular formula is C12H8N4. The molecule has 0 unspecified atom stereocenters. The molecule has 3 rings (SSSR count). The Morgan fingerprint density at radius 3 is 2.62 bits per heavy atom. The minimum atomic E-state index is 0.669. The molecule has 0 saturated heterocycles. The number of nitrogens with zero attached hydrogens (tertiary/aromatic N) is 4. The van der Waals surface area contributed by atoms with Crippen molar-refractivity contribution < 1.29 is 0 Å². The molecule has 0 amide bonds. The quantitative estimate of drug-likeness (QED) is 0.614. The number of hydrogen-bond acceptors (Lipinski definition) is 4. The van der Waals surface area contributed by atoms with Gasteiger partial charge in [0.15, 0.2) is 5.82 Å². The van der Waals surface area contributed by atoms with Crippen molar-refractivity contribution in [2.75, 3.05) is 0 Å². The maximum absolute atomic E-state index is 4.30. The van der Waals surface area contributed by atoms with Gasteiger partial charge in [0.25, 0.3) is 0 Å². The highest BCUT2D eigenvalue weighted by Crippen LogP contribution is 2.19. The summed E-state index contributed by atoms with van der Waals surface area (Å²) in [5.74, 6) is 0.669. The molecule has 0 aliphatic carbocycles. The third kappa shape index (κ3) is 1.50. The zero-order valence-corrected chi connectivity index (χ0v) is 8.41. The molecular weight excluding hydrogens is 200 g/mol. The van der Waals surface area contributed by atoms with Crippen LogP contribution in [0, 0.1) is 0 Å². The first-order valence-electron chi connectivity index (χ1n) is 4.91. The molecule has 1 aromatic carbocycles. The van der Waals surface area contributed by atoms with Gasteiger partial charge >= 0.3 is 0 Å². The lowest BCUT2D eigenvalue weighted by atomic mass is 10.1. The highest BCUT2D eigenvalue weighted by Gasteiger charge is 2.01. The molecule has 0 aliphatic rings. The van der Waals surface area contributed by atoms with Gasteiger partial charge < -0.3 is 0 Å². The van der Waals surface area contributed by atoms with Crippen LogP contribution in [0.4, 0.5) is 0 Å². The number of fused-ring (bicyclic) bond motifs is 1. The molecule has 4 heteroatoms. The fourth-order valence-corrected chi connectivity index (χ4v) is 1.59. The Balaban J connectivity index is 2.19. The number of aromatic nitrogens is 4. The maximum Gasteiger partial charge on any atom is 0.162 e. The monoisotopic (exact) mass is 208 g/mol. The van der Waals surface area contributed by atoms with Crippen LogP contribution in [0.2, 0.25) is 0 Å². The van der Waals surface area contributed by atoms with E-state index in [1.54, 1.807) is 6.20 Å². The second-order valence-electron chi connectivity index (χ2n) is 3.37. The second kappa shape index (κ2) is 3.66. The molecule has 2 aromatic heterocycles. The highest BCUT2D eigenvalue weighted by atomic mass is 15.0. The van der Waals surface area contributed by atoms with Gasteiger partial charge in [-0.1, -0.05) is 18.2 Å². The Morgan fingerprint density at radius 1 is 0.875 bits per heavy atom. The van der Waals surface area contributed by atoms with Crippen molar-refractivity contribution in [2.24, 2.45) is 0 Å². The molecule has 2 heterocycles. The number of pyridine rings is 1. The maximum atomic E-state index is 4.30. The van der Waals surface area contributed by atoms with Crippen molar-refractivity contribution in [2.45, 2.75) is 0 Å². The van der Waals surface area contributed by atoms with E-state index in [0.717, 1.165) is 16.5 Å². The Morgan fingerprint density at radius 2 is 1.75 bits per heavy atom. The van der Waals surface area contributed by atoms with Crippen molar-refractivity contribution in [3.63, 3.8) is 0 Å². The van der Waals surface area contributed by atoms with E-state index in [9.17, 15) is 0 Å². The number of rotatable bonds is 1. The van der Waals surface area contributed by atoms with Crippen LogP contribution in [0.25, 0.3) is 22.3 Å². The van der Waals surface area contributed by atoms with Crippen LogP contribution in [0.1, 0.15) is 0 Å². The van der Waals surface area contributed by atoms with Gasteiger partial charge in [0.05, 0.1) is 5.52 Å². The summed E-state index contributed by atoms with van der Waals surface area (Å²) in [5, 5.41) is 1.11. The summed E-state index contributed by atoms with van der Waals surface area (Å²) in [6.45, 7) is 0. The van der Waals surface area contributed by atoms with E-state index in [-0.39, 0.29) is 0 Å². The van der Waals surface area contributed by atoms with Crippen LogP contribution in [0.3, 0.4) is 0 Å². The third-order valence-electron chi connectivity index (χ3n) is 2.36. The van der Waals surface area contributed by atoms with E-state index >= 15 is 0 Å². The van der Waals surface area contributed by atoms with E-state index < -0.39 is 0 Å². The fraction of sp³-hybridized carbons (Fsp3) is 0. The molecule has 76 valence electrons. The van der Waals surface area contributed by atoms with Crippen molar-refractivity contribution in [1.29, 1.82) is 0 Å². The Hall–Kier alpha value is -2.36. The summed E-state index contributed by atoms with van der Waals surface area (Å²) in [4.78, 5) is 16.3. The average Bonchev–Trinajstić information content (AvgIpc) is 2.39. The van der Waals surface area contributed by atoms with Crippen LogP contribution < -0.4 is 0 Å². The predicted octanol–water partition coefficient (Wildman–Crippen LogP) is 2.09. The Bertz CT molecular complexity index is 622. The van der Waals surface area contributed by atoms with Crippen molar-refractivity contribution in [3.05, 3.63) is 49.2 Å². The summed E-state index contributed by atoms with van der Waals surface area (Å²) in [6, 6.07) is 9.93. The van der Waals surface area contributed by atoms with Gasteiger partial charge in [0, 0.05) is 17.1 Å². The summed E-state index contributed by atoms with van der Waals surface area (Å²) < 4.78 is 0. The minimum absolute atomic E-state index is 0.669. The van der Waals surface area contributed by atoms with Crippen LogP contribution in [-0.4, -0.2) is 19.9 Å². The Kier molecular flexibility index (Phi) is 2.04. The molecule has 16 heavy (non-hydrogen) atoms. The second-order valence-corrected chi connectivity index (χ2v) is 3.37. The SMILES string of the molecule is c1cnc2cc(-c3ncncn3)ccc2c1. The van der Waals surface area contributed by atoms with E-state index in [4.69, 9.17) is 0 Å². The summed E-state index contributed by atoms with van der Waals surface area (Å²) in [6.07, 6.45) is 4.76.